The Morgan fingerprint density at radius 1 is 1.30 bits per heavy atom. The Hall–Kier alpha value is -0.610. The number of carbonyl (C=O) groups is 1. The molecule has 1 aliphatic rings. The molecule has 118 valence electrons. The predicted molar refractivity (Wildman–Crippen MR) is 80.7 cm³/mol. The summed E-state index contributed by atoms with van der Waals surface area (Å²) in [5.41, 5.74) is 0. The smallest absolute Gasteiger partial charge is 0.308 e. The van der Waals surface area contributed by atoms with Gasteiger partial charge in [-0.15, -0.1) is 0 Å². The van der Waals surface area contributed by atoms with Crippen molar-refractivity contribution in [2.45, 2.75) is 58.9 Å². The number of carbonyl (C=O) groups excluding carboxylic acids is 1. The van der Waals surface area contributed by atoms with Crippen molar-refractivity contribution >= 4 is 5.97 Å². The van der Waals surface area contributed by atoms with Crippen molar-refractivity contribution in [3.8, 4) is 0 Å². The summed E-state index contributed by atoms with van der Waals surface area (Å²) in [6, 6.07) is 0.437. The molecule has 0 aromatic heterocycles. The summed E-state index contributed by atoms with van der Waals surface area (Å²) in [5, 5.41) is 3.50. The zero-order valence-corrected chi connectivity index (χ0v) is 13.3. The molecule has 2 unspecified atom stereocenters. The number of ether oxygens (including phenoxy) is 2. The van der Waals surface area contributed by atoms with Gasteiger partial charge in [0.2, 0.25) is 0 Å². The van der Waals surface area contributed by atoms with Gasteiger partial charge in [-0.1, -0.05) is 20.3 Å². The van der Waals surface area contributed by atoms with Gasteiger partial charge in [-0.05, 0) is 38.5 Å². The second-order valence-corrected chi connectivity index (χ2v) is 6.06. The minimum Gasteiger partial charge on any atom is -0.466 e. The first-order valence-corrected chi connectivity index (χ1v) is 8.11. The number of nitrogens with one attached hydrogen (secondary N) is 1. The molecule has 4 heteroatoms. The summed E-state index contributed by atoms with van der Waals surface area (Å²) in [6.07, 6.45) is 5.26. The van der Waals surface area contributed by atoms with Crippen LogP contribution in [0.25, 0.3) is 0 Å². The first-order chi connectivity index (χ1) is 9.63. The largest absolute Gasteiger partial charge is 0.466 e. The van der Waals surface area contributed by atoms with Gasteiger partial charge in [0.1, 0.15) is 0 Å². The van der Waals surface area contributed by atoms with Gasteiger partial charge in [0.25, 0.3) is 0 Å². The van der Waals surface area contributed by atoms with E-state index in [2.05, 4.69) is 19.2 Å². The van der Waals surface area contributed by atoms with Gasteiger partial charge in [-0.2, -0.15) is 0 Å². The summed E-state index contributed by atoms with van der Waals surface area (Å²) >= 11 is 0. The van der Waals surface area contributed by atoms with Crippen LogP contribution in [0.15, 0.2) is 0 Å². The van der Waals surface area contributed by atoms with Gasteiger partial charge in [-0.25, -0.2) is 0 Å². The van der Waals surface area contributed by atoms with E-state index in [0.29, 0.717) is 18.6 Å². The Labute approximate surface area is 123 Å². The number of esters is 1. The van der Waals surface area contributed by atoms with Crippen LogP contribution < -0.4 is 5.32 Å². The molecular formula is C16H31NO3. The van der Waals surface area contributed by atoms with Crippen LogP contribution in [0.1, 0.15) is 52.9 Å². The molecule has 0 aliphatic heterocycles. The van der Waals surface area contributed by atoms with Crippen molar-refractivity contribution in [1.29, 1.82) is 0 Å². The van der Waals surface area contributed by atoms with Crippen LogP contribution in [0.3, 0.4) is 0 Å². The van der Waals surface area contributed by atoms with Crippen LogP contribution in [0.5, 0.6) is 0 Å². The summed E-state index contributed by atoms with van der Waals surface area (Å²) < 4.78 is 10.7. The zero-order valence-electron chi connectivity index (χ0n) is 13.3. The lowest BCUT2D eigenvalue weighted by molar-refractivity contribution is -0.149. The fourth-order valence-corrected chi connectivity index (χ4v) is 2.61. The normalized spacial score (nSPS) is 23.0. The number of rotatable bonds is 9. The molecule has 0 heterocycles. The van der Waals surface area contributed by atoms with E-state index in [-0.39, 0.29) is 11.9 Å². The third-order valence-electron chi connectivity index (χ3n) is 3.81. The van der Waals surface area contributed by atoms with Crippen LogP contribution >= 0.6 is 0 Å². The van der Waals surface area contributed by atoms with Crippen molar-refractivity contribution in [3.63, 3.8) is 0 Å². The van der Waals surface area contributed by atoms with E-state index in [9.17, 15) is 4.79 Å². The average molecular weight is 285 g/mol. The molecule has 4 nitrogen and oxygen atoms in total. The molecule has 0 spiro atoms. The predicted octanol–water partition coefficient (Wildman–Crippen LogP) is 2.76. The van der Waals surface area contributed by atoms with E-state index in [4.69, 9.17) is 9.47 Å². The van der Waals surface area contributed by atoms with Crippen molar-refractivity contribution < 1.29 is 14.3 Å². The quantitative estimate of drug-likeness (QED) is 0.523. The summed E-state index contributed by atoms with van der Waals surface area (Å²) in [4.78, 5) is 11.7. The second-order valence-electron chi connectivity index (χ2n) is 6.06. The van der Waals surface area contributed by atoms with Crippen LogP contribution in [0.2, 0.25) is 0 Å². The Morgan fingerprint density at radius 2 is 2.10 bits per heavy atom. The van der Waals surface area contributed by atoms with Crippen LogP contribution in [0, 0.1) is 11.8 Å². The van der Waals surface area contributed by atoms with E-state index in [1.807, 2.05) is 6.92 Å². The minimum atomic E-state index is -0.0211. The Morgan fingerprint density at radius 3 is 2.80 bits per heavy atom. The van der Waals surface area contributed by atoms with Gasteiger partial charge >= 0.3 is 5.97 Å². The molecule has 20 heavy (non-hydrogen) atoms. The Balaban J connectivity index is 2.10. The molecule has 1 fully saturated rings. The van der Waals surface area contributed by atoms with Crippen molar-refractivity contribution in [1.82, 2.24) is 5.32 Å². The first kappa shape index (κ1) is 17.4. The van der Waals surface area contributed by atoms with Crippen LogP contribution in [-0.4, -0.2) is 38.4 Å². The third kappa shape index (κ3) is 7.25. The number of hydrogen-bond donors (Lipinski definition) is 1. The van der Waals surface area contributed by atoms with Gasteiger partial charge in [-0.3, -0.25) is 4.79 Å². The van der Waals surface area contributed by atoms with E-state index in [1.165, 1.54) is 0 Å². The molecule has 1 N–H and O–H groups in total. The van der Waals surface area contributed by atoms with Gasteiger partial charge < -0.3 is 14.8 Å². The maximum atomic E-state index is 11.7. The maximum Gasteiger partial charge on any atom is 0.308 e. The summed E-state index contributed by atoms with van der Waals surface area (Å²) in [5.74, 6) is 0.766. The highest BCUT2D eigenvalue weighted by molar-refractivity contribution is 5.72. The van der Waals surface area contributed by atoms with Crippen molar-refractivity contribution in [2.24, 2.45) is 11.8 Å². The fraction of sp³-hybridized carbons (Fsp3) is 0.938. The maximum absolute atomic E-state index is 11.7. The molecule has 0 saturated heterocycles. The summed E-state index contributed by atoms with van der Waals surface area (Å²) in [7, 11) is 0. The lowest BCUT2D eigenvalue weighted by Gasteiger charge is -2.28. The molecule has 0 radical (unpaired) electrons. The second kappa shape index (κ2) is 10.2. The van der Waals surface area contributed by atoms with Crippen molar-refractivity contribution in [2.75, 3.05) is 26.4 Å². The molecule has 0 amide bonds. The van der Waals surface area contributed by atoms with E-state index in [1.54, 1.807) is 0 Å². The standard InChI is InChI=1S/C16H31NO3/c1-4-20-16(18)14-6-5-7-15(12-14)17-9-11-19-10-8-13(2)3/h13-15,17H,4-12H2,1-3H3. The van der Waals surface area contributed by atoms with E-state index < -0.39 is 0 Å². The monoisotopic (exact) mass is 285 g/mol. The third-order valence-corrected chi connectivity index (χ3v) is 3.81. The molecule has 1 rings (SSSR count). The number of hydrogen-bond acceptors (Lipinski definition) is 4. The van der Waals surface area contributed by atoms with Gasteiger partial charge in [0.05, 0.1) is 19.1 Å². The highest BCUT2D eigenvalue weighted by atomic mass is 16.5. The Bertz CT molecular complexity index is 268. The topological polar surface area (TPSA) is 47.6 Å². The van der Waals surface area contributed by atoms with Gasteiger partial charge in [0.15, 0.2) is 0 Å². The highest BCUT2D eigenvalue weighted by Gasteiger charge is 2.27. The molecule has 0 bridgehead atoms. The zero-order chi connectivity index (χ0) is 14.8. The van der Waals surface area contributed by atoms with Crippen LogP contribution in [-0.2, 0) is 14.3 Å². The van der Waals surface area contributed by atoms with Crippen LogP contribution in [0.4, 0.5) is 0 Å². The molecule has 2 atom stereocenters. The molecule has 0 aromatic rings. The first-order valence-electron chi connectivity index (χ1n) is 8.11. The summed E-state index contributed by atoms with van der Waals surface area (Å²) in [6.45, 7) is 9.24. The van der Waals surface area contributed by atoms with Crippen molar-refractivity contribution in [3.05, 3.63) is 0 Å². The highest BCUT2D eigenvalue weighted by Crippen LogP contribution is 2.25. The minimum absolute atomic E-state index is 0.0211. The van der Waals surface area contributed by atoms with E-state index >= 15 is 0 Å². The Kier molecular flexibility index (Phi) is 8.86. The molecule has 1 saturated carbocycles. The van der Waals surface area contributed by atoms with E-state index in [0.717, 1.165) is 51.9 Å². The molecule has 0 aromatic carbocycles. The fourth-order valence-electron chi connectivity index (χ4n) is 2.61. The van der Waals surface area contributed by atoms with Gasteiger partial charge in [0, 0.05) is 19.2 Å². The SMILES string of the molecule is CCOC(=O)C1CCCC(NCCOCCC(C)C)C1. The molecular weight excluding hydrogens is 254 g/mol. The average Bonchev–Trinajstić information content (AvgIpc) is 2.43. The lowest BCUT2D eigenvalue weighted by atomic mass is 9.86. The molecule has 1 aliphatic carbocycles. The lowest BCUT2D eigenvalue weighted by Crippen LogP contribution is -2.38.